The molecule has 0 saturated heterocycles. The molecule has 0 amide bonds. The molecular weight excluding hydrogens is 146 g/mol. The Morgan fingerprint density at radius 1 is 1.17 bits per heavy atom. The van der Waals surface area contributed by atoms with E-state index in [4.69, 9.17) is 0 Å². The van der Waals surface area contributed by atoms with Gasteiger partial charge < -0.3 is 5.32 Å². The maximum atomic E-state index is 3.33. The summed E-state index contributed by atoms with van der Waals surface area (Å²) in [5, 5.41) is 3.33. The van der Waals surface area contributed by atoms with Crippen molar-refractivity contribution in [3.05, 3.63) is 36.5 Å². The van der Waals surface area contributed by atoms with E-state index < -0.39 is 0 Å². The first-order valence-corrected chi connectivity index (χ1v) is 4.61. The molecule has 2 aliphatic rings. The van der Waals surface area contributed by atoms with Crippen LogP contribution in [0.2, 0.25) is 0 Å². The van der Waals surface area contributed by atoms with Gasteiger partial charge in [0.15, 0.2) is 0 Å². The number of likely N-dealkylation sites (N-methyl/N-ethyl adjacent to an activating group) is 1. The van der Waals surface area contributed by atoms with Gasteiger partial charge >= 0.3 is 0 Å². The van der Waals surface area contributed by atoms with Gasteiger partial charge in [0.05, 0.1) is 0 Å². The summed E-state index contributed by atoms with van der Waals surface area (Å²) in [5.74, 6) is 1.39. The largest absolute Gasteiger partial charge is 0.313 e. The molecule has 1 N–H and O–H groups in total. The van der Waals surface area contributed by atoms with E-state index in [0.29, 0.717) is 12.0 Å². The molecule has 12 heavy (non-hydrogen) atoms. The molecule has 3 atom stereocenters. The van der Waals surface area contributed by atoms with Gasteiger partial charge in [-0.1, -0.05) is 36.5 Å². The lowest BCUT2D eigenvalue weighted by atomic mass is 9.77. The first-order chi connectivity index (χ1) is 5.92. The van der Waals surface area contributed by atoms with Gasteiger partial charge in [-0.25, -0.2) is 0 Å². The van der Waals surface area contributed by atoms with Crippen LogP contribution in [-0.4, -0.2) is 13.1 Å². The van der Waals surface area contributed by atoms with Crippen LogP contribution in [0.15, 0.2) is 36.5 Å². The Morgan fingerprint density at radius 2 is 2.00 bits per heavy atom. The minimum atomic E-state index is 0.532. The third-order valence-corrected chi connectivity index (χ3v) is 2.80. The average Bonchev–Trinajstić information content (AvgIpc) is 2.17. The van der Waals surface area contributed by atoms with E-state index >= 15 is 0 Å². The van der Waals surface area contributed by atoms with Gasteiger partial charge in [0.25, 0.3) is 0 Å². The Labute approximate surface area is 73.9 Å². The Balaban J connectivity index is 2.20. The first-order valence-electron chi connectivity index (χ1n) is 4.61. The van der Waals surface area contributed by atoms with E-state index in [-0.39, 0.29) is 0 Å². The summed E-state index contributed by atoms with van der Waals surface area (Å²) in [6.07, 6.45) is 14.7. The molecule has 3 unspecified atom stereocenters. The van der Waals surface area contributed by atoms with Crippen molar-refractivity contribution in [3.63, 3.8) is 0 Å². The maximum absolute atomic E-state index is 3.33. The summed E-state index contributed by atoms with van der Waals surface area (Å²) in [5.41, 5.74) is 0. The Bertz CT molecular complexity index is 237. The average molecular weight is 161 g/mol. The van der Waals surface area contributed by atoms with Gasteiger partial charge in [0.1, 0.15) is 0 Å². The van der Waals surface area contributed by atoms with Crippen LogP contribution >= 0.6 is 0 Å². The number of hydrogen-bond donors (Lipinski definition) is 1. The molecule has 1 nitrogen and oxygen atoms in total. The second-order valence-electron chi connectivity index (χ2n) is 3.49. The number of allylic oxidation sites excluding steroid dienone is 4. The van der Waals surface area contributed by atoms with E-state index in [1.54, 1.807) is 0 Å². The predicted molar refractivity (Wildman–Crippen MR) is 51.9 cm³/mol. The minimum Gasteiger partial charge on any atom is -0.313 e. The molecule has 1 heteroatoms. The van der Waals surface area contributed by atoms with Crippen molar-refractivity contribution in [2.45, 2.75) is 12.5 Å². The molecule has 0 fully saturated rings. The number of hydrogen-bond acceptors (Lipinski definition) is 1. The summed E-state index contributed by atoms with van der Waals surface area (Å²) in [6.45, 7) is 0. The van der Waals surface area contributed by atoms with E-state index in [9.17, 15) is 0 Å². The molecule has 0 heterocycles. The summed E-state index contributed by atoms with van der Waals surface area (Å²) in [4.78, 5) is 0. The second kappa shape index (κ2) is 3.28. The van der Waals surface area contributed by atoms with Crippen molar-refractivity contribution in [1.29, 1.82) is 0 Å². The molecule has 0 aromatic rings. The number of rotatable bonds is 1. The summed E-state index contributed by atoms with van der Waals surface area (Å²) < 4.78 is 0. The fraction of sp³-hybridized carbons (Fsp3) is 0.455. The summed E-state index contributed by atoms with van der Waals surface area (Å²) >= 11 is 0. The highest BCUT2D eigenvalue weighted by molar-refractivity contribution is 5.22. The third-order valence-electron chi connectivity index (χ3n) is 2.80. The van der Waals surface area contributed by atoms with Crippen LogP contribution in [0, 0.1) is 11.8 Å². The van der Waals surface area contributed by atoms with E-state index in [2.05, 4.69) is 41.8 Å². The lowest BCUT2D eigenvalue weighted by Crippen LogP contribution is -2.37. The molecule has 0 saturated carbocycles. The lowest BCUT2D eigenvalue weighted by molar-refractivity contribution is 0.381. The van der Waals surface area contributed by atoms with E-state index in [1.165, 1.54) is 6.42 Å². The van der Waals surface area contributed by atoms with Crippen LogP contribution in [-0.2, 0) is 0 Å². The Kier molecular flexibility index (Phi) is 2.13. The quantitative estimate of drug-likeness (QED) is 0.579. The first kappa shape index (κ1) is 7.81. The zero-order chi connectivity index (χ0) is 8.39. The van der Waals surface area contributed by atoms with E-state index in [0.717, 1.165) is 5.92 Å². The van der Waals surface area contributed by atoms with Gasteiger partial charge in [0.2, 0.25) is 0 Å². The van der Waals surface area contributed by atoms with Crippen molar-refractivity contribution in [2.24, 2.45) is 11.8 Å². The molecule has 0 aromatic heterocycles. The van der Waals surface area contributed by atoms with Gasteiger partial charge in [-0.15, -0.1) is 0 Å². The molecule has 0 radical (unpaired) electrons. The summed E-state index contributed by atoms with van der Waals surface area (Å²) in [6, 6.07) is 0.532. The van der Waals surface area contributed by atoms with E-state index in [1.807, 2.05) is 7.05 Å². The fourth-order valence-electron chi connectivity index (χ4n) is 2.09. The normalized spacial score (nSPS) is 38.2. The molecule has 0 aliphatic heterocycles. The molecular formula is C11H15N. The lowest BCUT2D eigenvalue weighted by Gasteiger charge is -2.32. The molecule has 0 bridgehead atoms. The monoisotopic (exact) mass is 161 g/mol. The Morgan fingerprint density at radius 3 is 2.83 bits per heavy atom. The van der Waals surface area contributed by atoms with Crippen molar-refractivity contribution in [1.82, 2.24) is 5.32 Å². The van der Waals surface area contributed by atoms with Crippen LogP contribution in [0.5, 0.6) is 0 Å². The highest BCUT2D eigenvalue weighted by Gasteiger charge is 2.26. The van der Waals surface area contributed by atoms with Crippen molar-refractivity contribution in [2.75, 3.05) is 7.05 Å². The Hall–Kier alpha value is -0.820. The van der Waals surface area contributed by atoms with Crippen LogP contribution in [0.3, 0.4) is 0 Å². The number of fused-ring (bicyclic) bond motifs is 1. The highest BCUT2D eigenvalue weighted by Crippen LogP contribution is 2.30. The van der Waals surface area contributed by atoms with Crippen LogP contribution in [0.25, 0.3) is 0 Å². The number of nitrogens with one attached hydrogen (secondary N) is 1. The maximum Gasteiger partial charge on any atom is 0.0316 e. The standard InChI is InChI=1S/C11H15N/c1-12-11-8-4-6-9-5-2-3-7-10(9)11/h2-5,7-12H,6H2,1H3. The highest BCUT2D eigenvalue weighted by atomic mass is 14.9. The molecule has 0 spiro atoms. The smallest absolute Gasteiger partial charge is 0.0316 e. The zero-order valence-corrected chi connectivity index (χ0v) is 7.40. The SMILES string of the molecule is CNC1C=CCC2C=CC=CC21. The minimum absolute atomic E-state index is 0.532. The van der Waals surface area contributed by atoms with Crippen molar-refractivity contribution in [3.8, 4) is 0 Å². The van der Waals surface area contributed by atoms with Crippen molar-refractivity contribution < 1.29 is 0 Å². The van der Waals surface area contributed by atoms with Gasteiger partial charge in [-0.3, -0.25) is 0 Å². The van der Waals surface area contributed by atoms with Crippen LogP contribution < -0.4 is 5.32 Å². The summed E-state index contributed by atoms with van der Waals surface area (Å²) in [7, 11) is 2.03. The molecule has 2 rings (SSSR count). The van der Waals surface area contributed by atoms with Crippen LogP contribution in [0.4, 0.5) is 0 Å². The third kappa shape index (κ3) is 1.25. The molecule has 64 valence electrons. The van der Waals surface area contributed by atoms with Gasteiger partial charge in [-0.05, 0) is 19.4 Å². The van der Waals surface area contributed by atoms with Gasteiger partial charge in [0, 0.05) is 12.0 Å². The predicted octanol–water partition coefficient (Wildman–Crippen LogP) is 1.89. The molecule has 2 aliphatic carbocycles. The second-order valence-corrected chi connectivity index (χ2v) is 3.49. The van der Waals surface area contributed by atoms with Gasteiger partial charge in [-0.2, -0.15) is 0 Å². The van der Waals surface area contributed by atoms with Crippen molar-refractivity contribution >= 4 is 0 Å². The zero-order valence-electron chi connectivity index (χ0n) is 7.40. The topological polar surface area (TPSA) is 12.0 Å². The molecule has 0 aromatic carbocycles. The fourth-order valence-corrected chi connectivity index (χ4v) is 2.09. The van der Waals surface area contributed by atoms with Crippen LogP contribution in [0.1, 0.15) is 6.42 Å².